The van der Waals surface area contributed by atoms with Crippen LogP contribution in [0.3, 0.4) is 0 Å². The van der Waals surface area contributed by atoms with Gasteiger partial charge in [0.25, 0.3) is 0 Å². The number of hydrogen-bond donors (Lipinski definition) is 0. The van der Waals surface area contributed by atoms with Gasteiger partial charge >= 0.3 is 5.97 Å². The minimum Gasteiger partial charge on any atom is -0.460 e. The maximum absolute atomic E-state index is 13.2. The topological polar surface area (TPSA) is 69.4 Å². The molecule has 27 heavy (non-hydrogen) atoms. The zero-order valence-corrected chi connectivity index (χ0v) is 16.0. The fraction of sp³-hybridized carbons (Fsp3) is 0.190. The van der Waals surface area contributed by atoms with Crippen LogP contribution in [-0.4, -0.2) is 11.0 Å². The highest BCUT2D eigenvalue weighted by Crippen LogP contribution is 2.33. The molecule has 0 bridgehead atoms. The molecule has 0 atom stereocenters. The summed E-state index contributed by atoms with van der Waals surface area (Å²) in [5, 5.41) is 1.09. The number of rotatable bonds is 3. The first kappa shape index (κ1) is 17.4. The maximum atomic E-state index is 13.2. The summed E-state index contributed by atoms with van der Waals surface area (Å²) < 4.78 is 12.3. The van der Waals surface area contributed by atoms with Crippen LogP contribution in [0.25, 0.3) is 31.8 Å². The van der Waals surface area contributed by atoms with Crippen molar-refractivity contribution in [2.75, 3.05) is 0 Å². The van der Waals surface area contributed by atoms with Gasteiger partial charge in [0.1, 0.15) is 22.1 Å². The van der Waals surface area contributed by atoms with Crippen molar-refractivity contribution in [3.63, 3.8) is 0 Å². The number of hydrogen-bond acceptors (Lipinski definition) is 6. The van der Waals surface area contributed by atoms with Crippen LogP contribution in [-0.2, 0) is 4.79 Å². The molecule has 0 radical (unpaired) electrons. The van der Waals surface area contributed by atoms with E-state index in [0.717, 1.165) is 10.2 Å². The van der Waals surface area contributed by atoms with Gasteiger partial charge in [-0.15, -0.1) is 11.3 Å². The number of fused-ring (bicyclic) bond motifs is 2. The van der Waals surface area contributed by atoms with E-state index in [1.807, 2.05) is 24.3 Å². The predicted molar refractivity (Wildman–Crippen MR) is 106 cm³/mol. The molecule has 4 rings (SSSR count). The van der Waals surface area contributed by atoms with Crippen molar-refractivity contribution < 1.29 is 13.9 Å². The highest BCUT2D eigenvalue weighted by molar-refractivity contribution is 7.21. The van der Waals surface area contributed by atoms with Crippen LogP contribution in [0.1, 0.15) is 24.7 Å². The third-order valence-corrected chi connectivity index (χ3v) is 5.51. The van der Waals surface area contributed by atoms with E-state index in [0.29, 0.717) is 38.6 Å². The van der Waals surface area contributed by atoms with Gasteiger partial charge in [0.05, 0.1) is 21.2 Å². The van der Waals surface area contributed by atoms with Crippen molar-refractivity contribution in [2.45, 2.75) is 27.2 Å². The van der Waals surface area contributed by atoms with Crippen molar-refractivity contribution in [2.24, 2.45) is 0 Å². The van der Waals surface area contributed by atoms with Crippen LogP contribution in [0.15, 0.2) is 45.6 Å². The Kier molecular flexibility index (Phi) is 4.28. The van der Waals surface area contributed by atoms with Gasteiger partial charge in [0.15, 0.2) is 0 Å². The molecule has 6 heteroatoms. The Balaban J connectivity index is 1.92. The molecule has 2 aromatic heterocycles. The summed E-state index contributed by atoms with van der Waals surface area (Å²) in [7, 11) is 0. The van der Waals surface area contributed by atoms with Gasteiger partial charge in [-0.2, -0.15) is 0 Å². The van der Waals surface area contributed by atoms with Crippen molar-refractivity contribution in [3.05, 3.63) is 57.9 Å². The molecule has 2 heterocycles. The first-order valence-electron chi connectivity index (χ1n) is 8.63. The molecule has 0 saturated carbocycles. The Labute approximate surface area is 159 Å². The second-order valence-corrected chi connectivity index (χ2v) is 7.27. The minimum atomic E-state index is -0.331. The molecule has 0 aliphatic carbocycles. The van der Waals surface area contributed by atoms with E-state index < -0.39 is 0 Å². The van der Waals surface area contributed by atoms with E-state index in [2.05, 4.69) is 4.98 Å². The lowest BCUT2D eigenvalue weighted by atomic mass is 10.1. The second kappa shape index (κ2) is 6.63. The smallest absolute Gasteiger partial charge is 0.310 e. The summed E-state index contributed by atoms with van der Waals surface area (Å²) in [5.41, 5.74) is 2.26. The number of esters is 1. The van der Waals surface area contributed by atoms with Crippen molar-refractivity contribution in [1.82, 2.24) is 4.98 Å². The quantitative estimate of drug-likeness (QED) is 0.370. The van der Waals surface area contributed by atoms with Crippen LogP contribution >= 0.6 is 11.3 Å². The molecule has 136 valence electrons. The predicted octanol–water partition coefficient (Wildman–Crippen LogP) is 5.00. The van der Waals surface area contributed by atoms with Crippen LogP contribution in [0.2, 0.25) is 0 Å². The summed E-state index contributed by atoms with van der Waals surface area (Å²) >= 11 is 1.47. The van der Waals surface area contributed by atoms with Gasteiger partial charge in [-0.1, -0.05) is 19.1 Å². The number of ether oxygens (including phenoxy) is 1. The molecular weight excluding hydrogens is 362 g/mol. The summed E-state index contributed by atoms with van der Waals surface area (Å²) in [6.07, 6.45) is 0.275. The van der Waals surface area contributed by atoms with Crippen LogP contribution in [0.4, 0.5) is 0 Å². The first-order chi connectivity index (χ1) is 13.0. The number of para-hydroxylation sites is 1. The zero-order chi connectivity index (χ0) is 19.1. The number of aryl methyl sites for hydroxylation is 2. The summed E-state index contributed by atoms with van der Waals surface area (Å²) in [6.45, 7) is 5.26. The monoisotopic (exact) mass is 379 g/mol. The van der Waals surface area contributed by atoms with Gasteiger partial charge < -0.3 is 9.15 Å². The van der Waals surface area contributed by atoms with Crippen molar-refractivity contribution >= 4 is 38.5 Å². The normalized spacial score (nSPS) is 11.2. The molecule has 4 aromatic rings. The minimum absolute atomic E-state index is 0.135. The van der Waals surface area contributed by atoms with Crippen molar-refractivity contribution in [1.29, 1.82) is 0 Å². The molecule has 0 amide bonds. The standard InChI is InChI=1S/C21H17NO4S/c1-4-17(23)26-15-10-9-13-19(24)18(12(3)25-20(13)11(15)2)21-22-14-7-5-6-8-16(14)27-21/h5-10H,4H2,1-3H3. The van der Waals surface area contributed by atoms with Crippen LogP contribution in [0, 0.1) is 13.8 Å². The lowest BCUT2D eigenvalue weighted by molar-refractivity contribution is -0.134. The van der Waals surface area contributed by atoms with Gasteiger partial charge in [0, 0.05) is 12.0 Å². The number of carbonyl (C=O) groups is 1. The Morgan fingerprint density at radius 3 is 2.70 bits per heavy atom. The number of carbonyl (C=O) groups excluding carboxylic acids is 1. The van der Waals surface area contributed by atoms with E-state index in [-0.39, 0.29) is 17.8 Å². The van der Waals surface area contributed by atoms with E-state index in [1.54, 1.807) is 32.9 Å². The average Bonchev–Trinajstić information content (AvgIpc) is 3.08. The fourth-order valence-corrected chi connectivity index (χ4v) is 4.07. The average molecular weight is 379 g/mol. The Morgan fingerprint density at radius 2 is 1.96 bits per heavy atom. The molecule has 0 spiro atoms. The fourth-order valence-electron chi connectivity index (χ4n) is 3.01. The summed E-state index contributed by atoms with van der Waals surface area (Å²) in [6, 6.07) is 11.0. The SMILES string of the molecule is CCC(=O)Oc1ccc2c(=O)c(-c3nc4ccccc4s3)c(C)oc2c1C. The molecule has 0 unspecified atom stereocenters. The summed E-state index contributed by atoms with van der Waals surface area (Å²) in [5.74, 6) is 0.570. The van der Waals surface area contributed by atoms with Crippen LogP contribution < -0.4 is 10.2 Å². The Bertz CT molecular complexity index is 1220. The first-order valence-corrected chi connectivity index (χ1v) is 9.45. The Hall–Kier alpha value is -2.99. The van der Waals surface area contributed by atoms with E-state index in [9.17, 15) is 9.59 Å². The number of nitrogens with zero attached hydrogens (tertiary/aromatic N) is 1. The highest BCUT2D eigenvalue weighted by atomic mass is 32.1. The highest BCUT2D eigenvalue weighted by Gasteiger charge is 2.20. The van der Waals surface area contributed by atoms with Gasteiger partial charge in [-0.05, 0) is 38.1 Å². The zero-order valence-electron chi connectivity index (χ0n) is 15.2. The Morgan fingerprint density at radius 1 is 1.19 bits per heavy atom. The third-order valence-electron chi connectivity index (χ3n) is 4.46. The lowest BCUT2D eigenvalue weighted by Gasteiger charge is -2.10. The van der Waals surface area contributed by atoms with Crippen LogP contribution in [0.5, 0.6) is 5.75 Å². The number of thiazole rings is 1. The molecule has 0 fully saturated rings. The molecule has 0 saturated heterocycles. The van der Waals surface area contributed by atoms with E-state index in [4.69, 9.17) is 9.15 Å². The number of benzene rings is 2. The maximum Gasteiger partial charge on any atom is 0.310 e. The van der Waals surface area contributed by atoms with Gasteiger partial charge in [-0.25, -0.2) is 4.98 Å². The van der Waals surface area contributed by atoms with Gasteiger partial charge in [0.2, 0.25) is 5.43 Å². The lowest BCUT2D eigenvalue weighted by Crippen LogP contribution is -2.10. The second-order valence-electron chi connectivity index (χ2n) is 6.24. The number of aromatic nitrogens is 1. The third kappa shape index (κ3) is 2.92. The molecule has 0 N–H and O–H groups in total. The molecule has 0 aliphatic rings. The van der Waals surface area contributed by atoms with E-state index >= 15 is 0 Å². The molecule has 5 nitrogen and oxygen atoms in total. The largest absolute Gasteiger partial charge is 0.460 e. The van der Waals surface area contributed by atoms with E-state index in [1.165, 1.54) is 11.3 Å². The molecule has 0 aliphatic heterocycles. The molecule has 2 aromatic carbocycles. The summed E-state index contributed by atoms with van der Waals surface area (Å²) in [4.78, 5) is 29.4. The van der Waals surface area contributed by atoms with Crippen molar-refractivity contribution in [3.8, 4) is 16.3 Å². The molecular formula is C21H17NO4S. The van der Waals surface area contributed by atoms with Gasteiger partial charge in [-0.3, -0.25) is 9.59 Å².